The van der Waals surface area contributed by atoms with E-state index >= 15 is 0 Å². The molecule has 0 saturated carbocycles. The Morgan fingerprint density at radius 2 is 1.96 bits per heavy atom. The quantitative estimate of drug-likeness (QED) is 0.483. The summed E-state index contributed by atoms with van der Waals surface area (Å²) in [6, 6.07) is 11.7. The molecular formula is C20H21N5O2S. The van der Waals surface area contributed by atoms with E-state index in [1.807, 2.05) is 52.7 Å². The summed E-state index contributed by atoms with van der Waals surface area (Å²) < 4.78 is 15.9. The molecule has 1 aliphatic rings. The third-order valence-electron chi connectivity index (χ3n) is 5.36. The van der Waals surface area contributed by atoms with Crippen LogP contribution in [0.3, 0.4) is 0 Å². The fourth-order valence-electron chi connectivity index (χ4n) is 3.78. The average molecular weight is 395 g/mol. The van der Waals surface area contributed by atoms with E-state index in [1.165, 1.54) is 0 Å². The van der Waals surface area contributed by atoms with Crippen LogP contribution >= 0.6 is 12.2 Å². The number of oxazole rings is 1. The Bertz CT molecular complexity index is 1120. The highest BCUT2D eigenvalue weighted by atomic mass is 32.1. The molecule has 0 aliphatic carbocycles. The van der Waals surface area contributed by atoms with Crippen LogP contribution in [0.25, 0.3) is 22.7 Å². The molecule has 1 saturated heterocycles. The molecule has 5 rings (SSSR count). The van der Waals surface area contributed by atoms with Gasteiger partial charge in [0.15, 0.2) is 27.8 Å². The highest BCUT2D eigenvalue weighted by Gasteiger charge is 2.25. The van der Waals surface area contributed by atoms with E-state index in [2.05, 4.69) is 15.0 Å². The Hall–Kier alpha value is -2.71. The first-order chi connectivity index (χ1) is 13.7. The standard InChI is InChI=1S/C20H21N5O2S/c1-23-18(17-7-4-12-26-17)22-25(20(23)28)13-24-10-8-14(9-11-24)19-21-15-5-2-3-6-16(15)27-19/h2-7,12,14H,8-11,13H2,1H3. The van der Waals surface area contributed by atoms with Crippen molar-refractivity contribution in [3.05, 3.63) is 53.3 Å². The number of piperidine rings is 1. The second-order valence-corrected chi connectivity index (χ2v) is 7.56. The lowest BCUT2D eigenvalue weighted by molar-refractivity contribution is 0.153. The molecule has 4 aromatic rings. The van der Waals surface area contributed by atoms with Crippen molar-refractivity contribution in [2.45, 2.75) is 25.4 Å². The molecule has 0 unspecified atom stereocenters. The SMILES string of the molecule is Cn1c(-c2ccco2)nn(CN2CCC(c3nc4ccccc4o3)CC2)c1=S. The van der Waals surface area contributed by atoms with Gasteiger partial charge in [0.05, 0.1) is 12.9 Å². The zero-order chi connectivity index (χ0) is 19.1. The maximum atomic E-state index is 5.96. The van der Waals surface area contributed by atoms with Gasteiger partial charge in [-0.1, -0.05) is 12.1 Å². The first kappa shape index (κ1) is 17.4. The van der Waals surface area contributed by atoms with Gasteiger partial charge in [-0.2, -0.15) is 0 Å². The average Bonchev–Trinajstić information content (AvgIpc) is 3.44. The summed E-state index contributed by atoms with van der Waals surface area (Å²) in [5.41, 5.74) is 1.80. The van der Waals surface area contributed by atoms with Crippen molar-refractivity contribution >= 4 is 23.3 Å². The predicted molar refractivity (Wildman–Crippen MR) is 107 cm³/mol. The molecule has 7 nitrogen and oxygen atoms in total. The smallest absolute Gasteiger partial charge is 0.199 e. The number of nitrogens with zero attached hydrogens (tertiary/aromatic N) is 5. The van der Waals surface area contributed by atoms with Crippen LogP contribution in [0, 0.1) is 4.77 Å². The number of aromatic nitrogens is 4. The molecule has 144 valence electrons. The summed E-state index contributed by atoms with van der Waals surface area (Å²) in [6.07, 6.45) is 3.67. The number of furan rings is 1. The third-order valence-corrected chi connectivity index (χ3v) is 5.85. The van der Waals surface area contributed by atoms with Crippen LogP contribution < -0.4 is 0 Å². The number of hydrogen-bond donors (Lipinski definition) is 0. The summed E-state index contributed by atoms with van der Waals surface area (Å²) in [5.74, 6) is 2.69. The van der Waals surface area contributed by atoms with E-state index in [4.69, 9.17) is 21.1 Å². The zero-order valence-corrected chi connectivity index (χ0v) is 16.4. The molecule has 1 fully saturated rings. The lowest BCUT2D eigenvalue weighted by Crippen LogP contribution is -2.35. The molecule has 0 radical (unpaired) electrons. The van der Waals surface area contributed by atoms with Crippen LogP contribution in [0.4, 0.5) is 0 Å². The van der Waals surface area contributed by atoms with Gasteiger partial charge in [0.1, 0.15) is 5.52 Å². The Morgan fingerprint density at radius 3 is 2.71 bits per heavy atom. The van der Waals surface area contributed by atoms with Crippen LogP contribution in [0.2, 0.25) is 0 Å². The number of likely N-dealkylation sites (tertiary alicyclic amines) is 1. The predicted octanol–water partition coefficient (Wildman–Crippen LogP) is 4.19. The molecule has 28 heavy (non-hydrogen) atoms. The summed E-state index contributed by atoms with van der Waals surface area (Å²) >= 11 is 5.56. The largest absolute Gasteiger partial charge is 0.461 e. The number of benzene rings is 1. The van der Waals surface area contributed by atoms with E-state index in [0.29, 0.717) is 17.4 Å². The molecule has 0 bridgehead atoms. The first-order valence-electron chi connectivity index (χ1n) is 9.44. The highest BCUT2D eigenvalue weighted by Crippen LogP contribution is 2.30. The van der Waals surface area contributed by atoms with E-state index < -0.39 is 0 Å². The number of rotatable bonds is 4. The van der Waals surface area contributed by atoms with Crippen LogP contribution in [0.1, 0.15) is 24.7 Å². The summed E-state index contributed by atoms with van der Waals surface area (Å²) in [7, 11) is 1.92. The van der Waals surface area contributed by atoms with Crippen molar-refractivity contribution in [3.63, 3.8) is 0 Å². The van der Waals surface area contributed by atoms with E-state index in [0.717, 1.165) is 54.5 Å². The van der Waals surface area contributed by atoms with Gasteiger partial charge in [0.2, 0.25) is 0 Å². The number of para-hydroxylation sites is 2. The van der Waals surface area contributed by atoms with E-state index in [-0.39, 0.29) is 0 Å². The minimum Gasteiger partial charge on any atom is -0.461 e. The monoisotopic (exact) mass is 395 g/mol. The topological polar surface area (TPSA) is 65.2 Å². The summed E-state index contributed by atoms with van der Waals surface area (Å²) in [6.45, 7) is 2.59. The first-order valence-corrected chi connectivity index (χ1v) is 9.85. The number of fused-ring (bicyclic) bond motifs is 1. The zero-order valence-electron chi connectivity index (χ0n) is 15.6. The molecule has 4 heterocycles. The minimum atomic E-state index is 0.360. The second kappa shape index (κ2) is 7.03. The molecular weight excluding hydrogens is 374 g/mol. The third kappa shape index (κ3) is 3.08. The molecule has 0 spiro atoms. The Balaban J connectivity index is 1.28. The minimum absolute atomic E-state index is 0.360. The molecule has 0 amide bonds. The molecule has 3 aromatic heterocycles. The Kier molecular flexibility index (Phi) is 4.37. The van der Waals surface area contributed by atoms with Crippen molar-refractivity contribution in [1.82, 2.24) is 24.2 Å². The Labute approximate surface area is 167 Å². The normalized spacial score (nSPS) is 16.2. The summed E-state index contributed by atoms with van der Waals surface area (Å²) in [5, 5.41) is 4.66. The van der Waals surface area contributed by atoms with Crippen molar-refractivity contribution in [2.24, 2.45) is 7.05 Å². The Morgan fingerprint density at radius 1 is 1.14 bits per heavy atom. The lowest BCUT2D eigenvalue weighted by Gasteiger charge is -2.30. The van der Waals surface area contributed by atoms with Gasteiger partial charge in [0, 0.05) is 26.1 Å². The maximum Gasteiger partial charge on any atom is 0.199 e. The van der Waals surface area contributed by atoms with Crippen molar-refractivity contribution in [1.29, 1.82) is 0 Å². The van der Waals surface area contributed by atoms with Gasteiger partial charge >= 0.3 is 0 Å². The van der Waals surface area contributed by atoms with E-state index in [1.54, 1.807) is 6.26 Å². The van der Waals surface area contributed by atoms with Gasteiger partial charge in [-0.05, 0) is 49.3 Å². The second-order valence-electron chi connectivity index (χ2n) is 7.20. The number of hydrogen-bond acceptors (Lipinski definition) is 6. The van der Waals surface area contributed by atoms with Gasteiger partial charge in [0.25, 0.3) is 0 Å². The van der Waals surface area contributed by atoms with Crippen molar-refractivity contribution in [2.75, 3.05) is 13.1 Å². The van der Waals surface area contributed by atoms with Crippen LogP contribution in [-0.2, 0) is 13.7 Å². The van der Waals surface area contributed by atoms with Crippen molar-refractivity contribution < 1.29 is 8.83 Å². The molecule has 8 heteroatoms. The van der Waals surface area contributed by atoms with Crippen molar-refractivity contribution in [3.8, 4) is 11.6 Å². The molecule has 0 N–H and O–H groups in total. The lowest BCUT2D eigenvalue weighted by atomic mass is 9.97. The fraction of sp³-hybridized carbons (Fsp3) is 0.350. The van der Waals surface area contributed by atoms with Gasteiger partial charge in [-0.25, -0.2) is 9.67 Å². The van der Waals surface area contributed by atoms with Gasteiger partial charge in [-0.15, -0.1) is 5.10 Å². The van der Waals surface area contributed by atoms with Crippen LogP contribution in [-0.4, -0.2) is 37.3 Å². The van der Waals surface area contributed by atoms with Crippen LogP contribution in [0.5, 0.6) is 0 Å². The molecule has 0 atom stereocenters. The van der Waals surface area contributed by atoms with Crippen LogP contribution in [0.15, 0.2) is 51.5 Å². The highest BCUT2D eigenvalue weighted by molar-refractivity contribution is 7.71. The van der Waals surface area contributed by atoms with Gasteiger partial charge < -0.3 is 13.4 Å². The van der Waals surface area contributed by atoms with E-state index in [9.17, 15) is 0 Å². The maximum absolute atomic E-state index is 5.96. The molecule has 1 aromatic carbocycles. The fourth-order valence-corrected chi connectivity index (χ4v) is 3.96. The van der Waals surface area contributed by atoms with Gasteiger partial charge in [-0.3, -0.25) is 4.90 Å². The molecule has 1 aliphatic heterocycles. The summed E-state index contributed by atoms with van der Waals surface area (Å²) in [4.78, 5) is 7.04.